The number of pyridine rings is 1. The molecule has 0 bridgehead atoms. The molecule has 2 aromatic carbocycles. The van der Waals surface area contributed by atoms with E-state index in [-0.39, 0.29) is 22.0 Å². The van der Waals surface area contributed by atoms with E-state index in [0.29, 0.717) is 34.6 Å². The Bertz CT molecular complexity index is 1600. The summed E-state index contributed by atoms with van der Waals surface area (Å²) in [5, 5.41) is 0.485. The number of hydrogen-bond donors (Lipinski definition) is 1. The van der Waals surface area contributed by atoms with Crippen LogP contribution in [-0.4, -0.2) is 30.1 Å². The smallest absolute Gasteiger partial charge is 0.263 e. The number of nitrogens with one attached hydrogen (secondary N) is 1. The van der Waals surface area contributed by atoms with E-state index in [1.165, 1.54) is 85.9 Å². The minimum absolute atomic E-state index is 0.00946. The van der Waals surface area contributed by atoms with Crippen LogP contribution in [0.1, 0.15) is 37.7 Å². The van der Waals surface area contributed by atoms with Gasteiger partial charge in [-0.05, 0) is 54.3 Å². The lowest BCUT2D eigenvalue weighted by Gasteiger charge is -2.22. The predicted molar refractivity (Wildman–Crippen MR) is 139 cm³/mol. The van der Waals surface area contributed by atoms with Crippen molar-refractivity contribution in [2.75, 3.05) is 11.8 Å². The number of halogens is 1. The Labute approximate surface area is 214 Å². The van der Waals surface area contributed by atoms with Crippen LogP contribution in [0.25, 0.3) is 16.6 Å². The minimum Gasteiger partial charge on any atom is -0.495 e. The fraction of sp³-hybridized carbons (Fsp3) is 0.296. The van der Waals surface area contributed by atoms with Gasteiger partial charge in [-0.25, -0.2) is 22.8 Å². The summed E-state index contributed by atoms with van der Waals surface area (Å²) >= 11 is 0. The molecule has 1 aliphatic carbocycles. The lowest BCUT2D eigenvalue weighted by Crippen LogP contribution is -2.19. The van der Waals surface area contributed by atoms with Gasteiger partial charge in [0.1, 0.15) is 23.7 Å². The second-order valence-electron chi connectivity index (χ2n) is 9.25. The van der Waals surface area contributed by atoms with Crippen LogP contribution in [0.2, 0.25) is 0 Å². The number of benzene rings is 2. The van der Waals surface area contributed by atoms with Crippen LogP contribution in [0.4, 0.5) is 10.2 Å². The number of hydrogen-bond acceptors (Lipinski definition) is 6. The third-order valence-corrected chi connectivity index (χ3v) is 8.17. The molecule has 2 aromatic heterocycles. The molecule has 0 atom stereocenters. The molecule has 1 fully saturated rings. The predicted octanol–water partition coefficient (Wildman–Crippen LogP) is 4.85. The van der Waals surface area contributed by atoms with Crippen LogP contribution in [-0.2, 0) is 16.4 Å². The number of fused-ring (bicyclic) bond motifs is 1. The van der Waals surface area contributed by atoms with E-state index in [1.807, 2.05) is 0 Å². The van der Waals surface area contributed by atoms with Crippen molar-refractivity contribution in [1.82, 2.24) is 14.5 Å². The highest BCUT2D eigenvalue weighted by molar-refractivity contribution is 7.92. The Morgan fingerprint density at radius 2 is 1.89 bits per heavy atom. The quantitative estimate of drug-likeness (QED) is 0.372. The molecular weight excluding hydrogens is 495 g/mol. The van der Waals surface area contributed by atoms with Crippen molar-refractivity contribution in [2.45, 2.75) is 43.4 Å². The Morgan fingerprint density at radius 1 is 1.08 bits per heavy atom. The third-order valence-electron chi connectivity index (χ3n) is 6.82. The molecule has 0 aliphatic heterocycles. The molecule has 5 rings (SSSR count). The molecule has 0 unspecified atom stereocenters. The van der Waals surface area contributed by atoms with Crippen LogP contribution < -0.4 is 15.0 Å². The largest absolute Gasteiger partial charge is 0.495 e. The molecule has 37 heavy (non-hydrogen) atoms. The lowest BCUT2D eigenvalue weighted by atomic mass is 9.84. The van der Waals surface area contributed by atoms with Gasteiger partial charge in [0.15, 0.2) is 0 Å². The highest BCUT2D eigenvalue weighted by atomic mass is 32.2. The SMILES string of the molecule is COc1cc(CC2CCCCC2)c(F)cc1-n1c(=O)ccc2cc(S(=O)(=O)Nc3ccncn3)ccc21. The summed E-state index contributed by atoms with van der Waals surface area (Å²) in [6.07, 6.45) is 9.03. The molecule has 0 saturated heterocycles. The Hall–Kier alpha value is -3.79. The second-order valence-corrected chi connectivity index (χ2v) is 10.9. The van der Waals surface area contributed by atoms with Gasteiger partial charge in [0.25, 0.3) is 15.6 Å². The molecule has 1 saturated carbocycles. The molecule has 4 aromatic rings. The van der Waals surface area contributed by atoms with E-state index in [4.69, 9.17) is 4.74 Å². The first-order valence-corrected chi connectivity index (χ1v) is 13.7. The standard InChI is InChI=1S/C27H27FN4O4S/c1-36-25-15-20(13-18-5-3-2-4-6-18)22(28)16-24(25)32-23-9-8-21(14-19(23)7-10-27(32)33)37(34,35)31-26-11-12-29-17-30-26/h7-12,14-18H,2-6,13H2,1H3,(H,29,30,31). The highest BCUT2D eigenvalue weighted by Crippen LogP contribution is 2.33. The van der Waals surface area contributed by atoms with Crippen LogP contribution in [0, 0.1) is 11.7 Å². The molecule has 0 amide bonds. The highest BCUT2D eigenvalue weighted by Gasteiger charge is 2.21. The van der Waals surface area contributed by atoms with E-state index in [0.717, 1.165) is 12.8 Å². The summed E-state index contributed by atoms with van der Waals surface area (Å²) in [6, 6.07) is 11.7. The summed E-state index contributed by atoms with van der Waals surface area (Å²) in [5.74, 6) is 0.562. The number of rotatable bonds is 7. The molecule has 192 valence electrons. The zero-order valence-corrected chi connectivity index (χ0v) is 21.2. The van der Waals surface area contributed by atoms with Gasteiger partial charge in [-0.2, -0.15) is 0 Å². The van der Waals surface area contributed by atoms with Crippen LogP contribution in [0.5, 0.6) is 5.75 Å². The van der Waals surface area contributed by atoms with Crippen molar-refractivity contribution in [2.24, 2.45) is 5.92 Å². The topological polar surface area (TPSA) is 103 Å². The number of nitrogens with zero attached hydrogens (tertiary/aromatic N) is 3. The first-order valence-electron chi connectivity index (χ1n) is 12.2. The van der Waals surface area contributed by atoms with Gasteiger partial charge in [0, 0.05) is 23.7 Å². The van der Waals surface area contributed by atoms with Crippen molar-refractivity contribution in [3.8, 4) is 11.4 Å². The molecule has 1 N–H and O–H groups in total. The summed E-state index contributed by atoms with van der Waals surface area (Å²) in [5.41, 5.74) is 0.869. The van der Waals surface area contributed by atoms with Gasteiger partial charge < -0.3 is 4.74 Å². The molecule has 0 radical (unpaired) electrons. The third kappa shape index (κ3) is 5.20. The van der Waals surface area contributed by atoms with Crippen molar-refractivity contribution >= 4 is 26.7 Å². The molecule has 10 heteroatoms. The van der Waals surface area contributed by atoms with Gasteiger partial charge in [-0.15, -0.1) is 0 Å². The van der Waals surface area contributed by atoms with Gasteiger partial charge >= 0.3 is 0 Å². The van der Waals surface area contributed by atoms with Crippen molar-refractivity contribution < 1.29 is 17.5 Å². The Balaban J connectivity index is 1.55. The zero-order chi connectivity index (χ0) is 26.0. The average Bonchev–Trinajstić information content (AvgIpc) is 2.90. The molecular formula is C27H27FN4O4S. The van der Waals surface area contributed by atoms with Crippen LogP contribution in [0.3, 0.4) is 0 Å². The average molecular weight is 523 g/mol. The number of anilines is 1. The van der Waals surface area contributed by atoms with Crippen molar-refractivity contribution in [3.05, 3.63) is 82.8 Å². The first kappa shape index (κ1) is 24.9. The minimum atomic E-state index is -3.94. The summed E-state index contributed by atoms with van der Waals surface area (Å²) < 4.78 is 50.4. The normalized spacial score (nSPS) is 14.5. The van der Waals surface area contributed by atoms with Crippen molar-refractivity contribution in [3.63, 3.8) is 0 Å². The number of methoxy groups -OCH3 is 1. The van der Waals surface area contributed by atoms with E-state index < -0.39 is 15.8 Å². The fourth-order valence-corrected chi connectivity index (χ4v) is 6.01. The van der Waals surface area contributed by atoms with Gasteiger partial charge in [-0.3, -0.25) is 14.1 Å². The maximum absolute atomic E-state index is 15.3. The van der Waals surface area contributed by atoms with Crippen LogP contribution in [0.15, 0.2) is 70.7 Å². The van der Waals surface area contributed by atoms with Gasteiger partial charge in [-0.1, -0.05) is 32.1 Å². The second kappa shape index (κ2) is 10.3. The molecule has 0 spiro atoms. The lowest BCUT2D eigenvalue weighted by molar-refractivity contribution is 0.351. The number of aromatic nitrogens is 3. The maximum atomic E-state index is 15.3. The number of ether oxygens (including phenoxy) is 1. The summed E-state index contributed by atoms with van der Waals surface area (Å²) in [7, 11) is -2.46. The molecule has 2 heterocycles. The van der Waals surface area contributed by atoms with E-state index in [1.54, 1.807) is 6.07 Å². The Kier molecular flexibility index (Phi) is 6.92. The Morgan fingerprint density at radius 3 is 2.62 bits per heavy atom. The molecule has 8 nitrogen and oxygen atoms in total. The van der Waals surface area contributed by atoms with E-state index >= 15 is 4.39 Å². The summed E-state index contributed by atoms with van der Waals surface area (Å²) in [4.78, 5) is 20.6. The van der Waals surface area contributed by atoms with Gasteiger partial charge in [0.2, 0.25) is 0 Å². The molecule has 1 aliphatic rings. The summed E-state index contributed by atoms with van der Waals surface area (Å²) in [6.45, 7) is 0. The van der Waals surface area contributed by atoms with E-state index in [2.05, 4.69) is 14.7 Å². The monoisotopic (exact) mass is 522 g/mol. The van der Waals surface area contributed by atoms with Gasteiger partial charge in [0.05, 0.1) is 23.2 Å². The zero-order valence-electron chi connectivity index (χ0n) is 20.4. The maximum Gasteiger partial charge on any atom is 0.263 e. The van der Waals surface area contributed by atoms with E-state index in [9.17, 15) is 13.2 Å². The van der Waals surface area contributed by atoms with Crippen molar-refractivity contribution in [1.29, 1.82) is 0 Å². The van der Waals surface area contributed by atoms with Crippen LogP contribution >= 0.6 is 0 Å². The first-order chi connectivity index (χ1) is 17.9. The fourth-order valence-electron chi connectivity index (χ4n) is 4.97. The number of sulfonamides is 1.